The van der Waals surface area contributed by atoms with E-state index in [1.165, 1.54) is 12.5 Å². The fourth-order valence-corrected chi connectivity index (χ4v) is 6.36. The minimum atomic E-state index is -4.12. The van der Waals surface area contributed by atoms with E-state index >= 15 is 4.39 Å². The van der Waals surface area contributed by atoms with E-state index in [1.54, 1.807) is 31.2 Å². The summed E-state index contributed by atoms with van der Waals surface area (Å²) >= 11 is 0.944. The lowest BCUT2D eigenvalue weighted by molar-refractivity contribution is -0.0445. The molecule has 0 aliphatic rings. The minimum absolute atomic E-state index is 0.0533. The average Bonchev–Trinajstić information content (AvgIpc) is 3.35. The Morgan fingerprint density at radius 3 is 2.49 bits per heavy atom. The number of nitrogens with zero attached hydrogens (tertiary/aromatic N) is 2. The van der Waals surface area contributed by atoms with Crippen molar-refractivity contribution in [3.8, 4) is 5.75 Å². The van der Waals surface area contributed by atoms with E-state index in [9.17, 15) is 27.8 Å². The van der Waals surface area contributed by atoms with Crippen LogP contribution < -0.4 is 14.8 Å². The lowest BCUT2D eigenvalue weighted by atomic mass is 10.1. The third-order valence-corrected chi connectivity index (χ3v) is 8.84. The lowest BCUT2D eigenvalue weighted by Gasteiger charge is -2.19. The number of aromatic nitrogens is 2. The molecule has 39 heavy (non-hydrogen) atoms. The number of anilines is 2. The van der Waals surface area contributed by atoms with Gasteiger partial charge in [-0.15, -0.1) is 11.3 Å². The molecule has 2 aromatic heterocycles. The fraction of sp³-hybridized carbons (Fsp3) is 0.240. The summed E-state index contributed by atoms with van der Waals surface area (Å²) in [4.78, 5) is 20.6. The molecule has 10 nitrogen and oxygen atoms in total. The van der Waals surface area contributed by atoms with E-state index in [0.717, 1.165) is 35.4 Å². The van der Waals surface area contributed by atoms with Crippen LogP contribution in [0, 0.1) is 11.6 Å². The van der Waals surface area contributed by atoms with Gasteiger partial charge < -0.3 is 20.3 Å². The molecule has 0 bridgehead atoms. The second-order valence-corrected chi connectivity index (χ2v) is 11.3. The van der Waals surface area contributed by atoms with Gasteiger partial charge in [-0.05, 0) is 42.7 Å². The Bertz CT molecular complexity index is 1610. The zero-order chi connectivity index (χ0) is 28.3. The van der Waals surface area contributed by atoms with Gasteiger partial charge in [-0.3, -0.25) is 9.52 Å². The predicted molar refractivity (Wildman–Crippen MR) is 142 cm³/mol. The summed E-state index contributed by atoms with van der Waals surface area (Å²) in [6.07, 6.45) is -0.542. The first-order valence-corrected chi connectivity index (χ1v) is 14.0. The quantitative estimate of drug-likeness (QED) is 0.206. The zero-order valence-electron chi connectivity index (χ0n) is 20.7. The van der Waals surface area contributed by atoms with Crippen molar-refractivity contribution in [3.63, 3.8) is 0 Å². The molecule has 1 atom stereocenters. The van der Waals surface area contributed by atoms with E-state index in [0.29, 0.717) is 5.75 Å². The number of carbonyl (C=O) groups is 1. The number of aliphatic hydroxyl groups excluding tert-OH is 1. The number of hydrogen-bond acceptors (Lipinski definition) is 9. The summed E-state index contributed by atoms with van der Waals surface area (Å²) in [6, 6.07) is 8.62. The molecule has 206 valence electrons. The number of thiophene rings is 1. The van der Waals surface area contributed by atoms with E-state index in [-0.39, 0.29) is 34.3 Å². The number of hydrogen-bond donors (Lipinski definition) is 4. The van der Waals surface area contributed by atoms with Gasteiger partial charge in [0.2, 0.25) is 10.0 Å². The van der Waals surface area contributed by atoms with Crippen LogP contribution in [0.2, 0.25) is 0 Å². The van der Waals surface area contributed by atoms with Crippen molar-refractivity contribution in [3.05, 3.63) is 76.6 Å². The molecule has 1 amide bonds. The van der Waals surface area contributed by atoms with Crippen molar-refractivity contribution in [1.82, 2.24) is 9.97 Å². The van der Waals surface area contributed by atoms with E-state index in [4.69, 9.17) is 4.74 Å². The molecule has 1 unspecified atom stereocenters. The van der Waals surface area contributed by atoms with Gasteiger partial charge in [0.25, 0.3) is 5.91 Å². The molecule has 2 heterocycles. The number of benzene rings is 2. The first-order chi connectivity index (χ1) is 18.6. The van der Waals surface area contributed by atoms with Crippen LogP contribution in [0.1, 0.15) is 41.2 Å². The van der Waals surface area contributed by atoms with Gasteiger partial charge in [-0.2, -0.15) is 0 Å². The van der Waals surface area contributed by atoms with Crippen LogP contribution in [0.15, 0.2) is 48.1 Å². The molecule has 0 aliphatic carbocycles. The second-order valence-electron chi connectivity index (χ2n) is 8.43. The summed E-state index contributed by atoms with van der Waals surface area (Å²) in [6.45, 7) is 1.68. The number of sulfonamides is 1. The Hall–Kier alpha value is -3.72. The maximum absolute atomic E-state index is 15.3. The Morgan fingerprint density at radius 2 is 1.85 bits per heavy atom. The minimum Gasteiger partial charge on any atom is -0.497 e. The Labute approximate surface area is 226 Å². The summed E-state index contributed by atoms with van der Waals surface area (Å²) in [7, 11) is -2.61. The molecule has 14 heteroatoms. The standard InChI is InChI=1S/C25H24F2N4O6S2/c1-3-15(10-13-4-6-14(37-2)7-5-13)39(35,36)31-18-9-8-17(26)21(19(18)27)30-24(32)16-11-38-23-20(16)28-12-29-22(23)25(33)34/h4-9,11-12,15,25,31,33-34H,3,10H2,1-2H3,(H,30,32). The number of rotatable bonds is 10. The monoisotopic (exact) mass is 578 g/mol. The van der Waals surface area contributed by atoms with Crippen molar-refractivity contribution in [1.29, 1.82) is 0 Å². The number of carbonyl (C=O) groups excluding carboxylic acids is 1. The number of amides is 1. The predicted octanol–water partition coefficient (Wildman–Crippen LogP) is 3.98. The van der Waals surface area contributed by atoms with Crippen molar-refractivity contribution in [2.45, 2.75) is 31.3 Å². The summed E-state index contributed by atoms with van der Waals surface area (Å²) in [5.41, 5.74) is -0.836. The normalized spacial score (nSPS) is 12.5. The number of fused-ring (bicyclic) bond motifs is 1. The maximum atomic E-state index is 15.3. The Morgan fingerprint density at radius 1 is 1.13 bits per heavy atom. The van der Waals surface area contributed by atoms with Crippen LogP contribution in [0.5, 0.6) is 5.75 Å². The van der Waals surface area contributed by atoms with Crippen molar-refractivity contribution in [2.24, 2.45) is 0 Å². The van der Waals surface area contributed by atoms with Gasteiger partial charge in [-0.1, -0.05) is 19.1 Å². The molecular weight excluding hydrogens is 554 g/mol. The molecule has 4 rings (SSSR count). The maximum Gasteiger partial charge on any atom is 0.258 e. The summed E-state index contributed by atoms with van der Waals surface area (Å²) < 4.78 is 63.7. The topological polar surface area (TPSA) is 151 Å². The highest BCUT2D eigenvalue weighted by atomic mass is 32.2. The smallest absolute Gasteiger partial charge is 0.258 e. The molecular formula is C25H24F2N4O6S2. The average molecular weight is 579 g/mol. The van der Waals surface area contributed by atoms with Crippen LogP contribution in [0.3, 0.4) is 0 Å². The largest absolute Gasteiger partial charge is 0.497 e. The molecule has 0 saturated carbocycles. The summed E-state index contributed by atoms with van der Waals surface area (Å²) in [5.74, 6) is -2.77. The number of methoxy groups -OCH3 is 1. The molecule has 0 fully saturated rings. The first-order valence-electron chi connectivity index (χ1n) is 11.6. The molecule has 0 radical (unpaired) electrons. The van der Waals surface area contributed by atoms with Crippen LogP contribution in [-0.2, 0) is 16.4 Å². The third-order valence-electron chi connectivity index (χ3n) is 5.97. The fourth-order valence-electron chi connectivity index (χ4n) is 3.88. The number of nitrogens with one attached hydrogen (secondary N) is 2. The van der Waals surface area contributed by atoms with Gasteiger partial charge in [0.05, 0.1) is 33.8 Å². The SMILES string of the molecule is CCC(Cc1ccc(OC)cc1)S(=O)(=O)Nc1ccc(F)c(NC(=O)c2csc3c(C(O)O)ncnc23)c1F. The van der Waals surface area contributed by atoms with Crippen LogP contribution >= 0.6 is 11.3 Å². The van der Waals surface area contributed by atoms with Crippen LogP contribution in [0.25, 0.3) is 10.2 Å². The molecule has 4 N–H and O–H groups in total. The van der Waals surface area contributed by atoms with Crippen molar-refractivity contribution >= 4 is 48.9 Å². The highest BCUT2D eigenvalue weighted by molar-refractivity contribution is 7.93. The molecule has 2 aromatic carbocycles. The van der Waals surface area contributed by atoms with Crippen LogP contribution in [-0.4, -0.2) is 46.9 Å². The van der Waals surface area contributed by atoms with Crippen molar-refractivity contribution in [2.75, 3.05) is 17.1 Å². The van der Waals surface area contributed by atoms with Crippen LogP contribution in [0.4, 0.5) is 20.2 Å². The third kappa shape index (κ3) is 5.98. The molecule has 0 saturated heterocycles. The lowest BCUT2D eigenvalue weighted by Crippen LogP contribution is -2.30. The highest BCUT2D eigenvalue weighted by Gasteiger charge is 2.27. The first kappa shape index (κ1) is 28.3. The molecule has 0 spiro atoms. The second kappa shape index (κ2) is 11.6. The Balaban J connectivity index is 1.58. The van der Waals surface area contributed by atoms with E-state index < -0.39 is 50.5 Å². The van der Waals surface area contributed by atoms with Gasteiger partial charge in [0, 0.05) is 5.38 Å². The Kier molecular flexibility index (Phi) is 8.39. The summed E-state index contributed by atoms with van der Waals surface area (Å²) in [5, 5.41) is 21.5. The van der Waals surface area contributed by atoms with Gasteiger partial charge >= 0.3 is 0 Å². The zero-order valence-corrected chi connectivity index (χ0v) is 22.3. The highest BCUT2D eigenvalue weighted by Crippen LogP contribution is 2.32. The van der Waals surface area contributed by atoms with E-state index in [2.05, 4.69) is 20.0 Å². The number of halogens is 2. The van der Waals surface area contributed by atoms with Gasteiger partial charge in [0.15, 0.2) is 12.1 Å². The molecule has 0 aliphatic heterocycles. The van der Waals surface area contributed by atoms with Gasteiger partial charge in [-0.25, -0.2) is 27.2 Å². The van der Waals surface area contributed by atoms with Crippen molar-refractivity contribution < 1.29 is 36.9 Å². The number of aliphatic hydroxyl groups is 2. The van der Waals surface area contributed by atoms with E-state index in [1.807, 2.05) is 0 Å². The van der Waals surface area contributed by atoms with Gasteiger partial charge in [0.1, 0.15) is 29.3 Å². The number of ether oxygens (including phenoxy) is 1. The molecule has 4 aromatic rings.